The van der Waals surface area contributed by atoms with Crippen molar-refractivity contribution in [1.29, 1.82) is 0 Å². The molecular weight excluding hydrogens is 382 g/mol. The first-order valence-corrected chi connectivity index (χ1v) is 10.2. The summed E-state index contributed by atoms with van der Waals surface area (Å²) in [6.07, 6.45) is 4.40. The number of carbonyl (C=O) groups excluding carboxylic acids is 1. The van der Waals surface area contributed by atoms with Crippen LogP contribution in [-0.2, 0) is 6.42 Å². The smallest absolute Gasteiger partial charge is 0.263 e. The van der Waals surface area contributed by atoms with Gasteiger partial charge in [0.05, 0.1) is 0 Å². The molecule has 9 nitrogen and oxygen atoms in total. The molecule has 1 saturated heterocycles. The van der Waals surface area contributed by atoms with Crippen LogP contribution in [0.3, 0.4) is 0 Å². The Balaban J connectivity index is 1.56. The minimum atomic E-state index is -0.0958. The van der Waals surface area contributed by atoms with Gasteiger partial charge in [-0.15, -0.1) is 0 Å². The van der Waals surface area contributed by atoms with E-state index < -0.39 is 0 Å². The Labute approximate surface area is 174 Å². The summed E-state index contributed by atoms with van der Waals surface area (Å²) in [6, 6.07) is 7.94. The second-order valence-electron chi connectivity index (χ2n) is 7.50. The molecule has 1 atom stereocenters. The molecule has 3 aromatic rings. The van der Waals surface area contributed by atoms with Crippen molar-refractivity contribution in [1.82, 2.24) is 20.1 Å². The summed E-state index contributed by atoms with van der Waals surface area (Å²) >= 11 is 0. The molecule has 1 fully saturated rings. The maximum atomic E-state index is 13.5. The van der Waals surface area contributed by atoms with Gasteiger partial charge in [0.2, 0.25) is 17.7 Å². The van der Waals surface area contributed by atoms with E-state index in [0.717, 1.165) is 30.6 Å². The molecule has 5 rings (SSSR count). The number of aryl methyl sites for hydroxylation is 1. The molecule has 1 N–H and O–H groups in total. The summed E-state index contributed by atoms with van der Waals surface area (Å²) in [4.78, 5) is 30.9. The van der Waals surface area contributed by atoms with Crippen LogP contribution in [0.15, 0.2) is 35.0 Å². The molecule has 0 saturated carbocycles. The largest absolute Gasteiger partial charge is 0.357 e. The van der Waals surface area contributed by atoms with Crippen LogP contribution in [0.1, 0.15) is 36.0 Å². The monoisotopic (exact) mass is 405 g/mol. The number of nitrogens with zero attached hydrogens (tertiary/aromatic N) is 6. The lowest BCUT2D eigenvalue weighted by molar-refractivity contribution is 0.0988. The number of anilines is 3. The van der Waals surface area contributed by atoms with Gasteiger partial charge in [-0.25, -0.2) is 4.98 Å². The van der Waals surface area contributed by atoms with E-state index >= 15 is 0 Å². The molecule has 154 valence electrons. The molecule has 4 heterocycles. The van der Waals surface area contributed by atoms with E-state index in [9.17, 15) is 4.79 Å². The number of benzene rings is 1. The number of rotatable bonds is 4. The first-order chi connectivity index (χ1) is 14.7. The van der Waals surface area contributed by atoms with E-state index in [1.165, 1.54) is 0 Å². The van der Waals surface area contributed by atoms with Gasteiger partial charge >= 0.3 is 0 Å². The van der Waals surface area contributed by atoms with Crippen LogP contribution in [0, 0.1) is 0 Å². The molecule has 30 heavy (non-hydrogen) atoms. The lowest BCUT2D eigenvalue weighted by Gasteiger charge is -2.27. The number of fused-ring (bicyclic) bond motifs is 3. The first kappa shape index (κ1) is 18.5. The van der Waals surface area contributed by atoms with Gasteiger partial charge in [0.15, 0.2) is 0 Å². The highest BCUT2D eigenvalue weighted by Gasteiger charge is 2.37. The Morgan fingerprint density at radius 3 is 3.00 bits per heavy atom. The van der Waals surface area contributed by atoms with Crippen LogP contribution >= 0.6 is 0 Å². The Morgan fingerprint density at radius 1 is 1.30 bits per heavy atom. The number of amides is 1. The van der Waals surface area contributed by atoms with Crippen LogP contribution < -0.4 is 15.1 Å². The number of aromatic nitrogens is 4. The van der Waals surface area contributed by atoms with Crippen molar-refractivity contribution in [2.24, 2.45) is 0 Å². The van der Waals surface area contributed by atoms with Crippen LogP contribution in [0.5, 0.6) is 0 Å². The van der Waals surface area contributed by atoms with E-state index in [1.54, 1.807) is 13.2 Å². The highest BCUT2D eigenvalue weighted by Crippen LogP contribution is 2.34. The van der Waals surface area contributed by atoms with E-state index in [-0.39, 0.29) is 11.9 Å². The van der Waals surface area contributed by atoms with Gasteiger partial charge in [0, 0.05) is 50.0 Å². The SMILES string of the molecule is CCc1nc(-c2cccc(N3C[C@@H]4CCCN4c4nc(NC)ncc4C3=O)c2)no1. The zero-order chi connectivity index (χ0) is 20.7. The van der Waals surface area contributed by atoms with Crippen molar-refractivity contribution in [3.05, 3.63) is 41.9 Å². The minimum absolute atomic E-state index is 0.0958. The Morgan fingerprint density at radius 2 is 2.20 bits per heavy atom. The molecule has 9 heteroatoms. The van der Waals surface area contributed by atoms with Gasteiger partial charge in [-0.05, 0) is 25.0 Å². The summed E-state index contributed by atoms with van der Waals surface area (Å²) in [7, 11) is 1.78. The summed E-state index contributed by atoms with van der Waals surface area (Å²) in [5.41, 5.74) is 2.15. The van der Waals surface area contributed by atoms with Crippen LogP contribution in [0.25, 0.3) is 11.4 Å². The zero-order valence-corrected chi connectivity index (χ0v) is 17.0. The van der Waals surface area contributed by atoms with Crippen LogP contribution in [0.4, 0.5) is 17.5 Å². The Hall–Kier alpha value is -3.49. The first-order valence-electron chi connectivity index (χ1n) is 10.2. The van der Waals surface area contributed by atoms with Gasteiger partial charge in [-0.1, -0.05) is 24.2 Å². The second-order valence-corrected chi connectivity index (χ2v) is 7.50. The van der Waals surface area contributed by atoms with E-state index in [2.05, 4.69) is 30.3 Å². The lowest BCUT2D eigenvalue weighted by atomic mass is 10.1. The van der Waals surface area contributed by atoms with Gasteiger partial charge in [-0.2, -0.15) is 9.97 Å². The van der Waals surface area contributed by atoms with Crippen molar-refractivity contribution in [2.75, 3.05) is 35.3 Å². The summed E-state index contributed by atoms with van der Waals surface area (Å²) < 4.78 is 5.25. The molecule has 0 spiro atoms. The average molecular weight is 405 g/mol. The van der Waals surface area contributed by atoms with Gasteiger partial charge in [-0.3, -0.25) is 4.79 Å². The third-order valence-corrected chi connectivity index (χ3v) is 5.70. The van der Waals surface area contributed by atoms with E-state index in [4.69, 9.17) is 4.52 Å². The fourth-order valence-electron chi connectivity index (χ4n) is 4.16. The van der Waals surface area contributed by atoms with Crippen LogP contribution in [-0.4, -0.2) is 52.2 Å². The molecule has 0 bridgehead atoms. The van der Waals surface area contributed by atoms with E-state index in [1.807, 2.05) is 36.1 Å². The average Bonchev–Trinajstić information content (AvgIpc) is 3.44. The third-order valence-electron chi connectivity index (χ3n) is 5.70. The third kappa shape index (κ3) is 3.06. The quantitative estimate of drug-likeness (QED) is 0.707. The molecule has 0 unspecified atom stereocenters. The van der Waals surface area contributed by atoms with Crippen molar-refractivity contribution in [2.45, 2.75) is 32.2 Å². The molecule has 2 aliphatic heterocycles. The van der Waals surface area contributed by atoms with Crippen molar-refractivity contribution in [3.8, 4) is 11.4 Å². The number of hydrogen-bond acceptors (Lipinski definition) is 8. The highest BCUT2D eigenvalue weighted by molar-refractivity contribution is 6.10. The predicted molar refractivity (Wildman–Crippen MR) is 113 cm³/mol. The molecule has 2 aliphatic rings. The summed E-state index contributed by atoms with van der Waals surface area (Å²) in [5, 5.41) is 7.04. The summed E-state index contributed by atoms with van der Waals surface area (Å²) in [6.45, 7) is 3.46. The minimum Gasteiger partial charge on any atom is -0.357 e. The van der Waals surface area contributed by atoms with Gasteiger partial charge in [0.1, 0.15) is 11.4 Å². The van der Waals surface area contributed by atoms with Crippen LogP contribution in [0.2, 0.25) is 0 Å². The molecule has 1 amide bonds. The van der Waals surface area contributed by atoms with Gasteiger partial charge in [0.25, 0.3) is 5.91 Å². The highest BCUT2D eigenvalue weighted by atomic mass is 16.5. The maximum absolute atomic E-state index is 13.5. The maximum Gasteiger partial charge on any atom is 0.263 e. The molecule has 2 aromatic heterocycles. The van der Waals surface area contributed by atoms with Crippen molar-refractivity contribution >= 4 is 23.4 Å². The lowest BCUT2D eigenvalue weighted by Crippen LogP contribution is -2.39. The topological polar surface area (TPSA) is 100 Å². The predicted octanol–water partition coefficient (Wildman–Crippen LogP) is 2.76. The van der Waals surface area contributed by atoms with Gasteiger partial charge < -0.3 is 19.6 Å². The molecule has 1 aromatic carbocycles. The standard InChI is InChI=1S/C21H23N7O2/c1-3-17-24-18(26-30-17)13-6-4-7-14(10-13)28-12-15-8-5-9-27(15)19-16(20(28)29)11-23-21(22-2)25-19/h4,6-7,10-11,15H,3,5,8-9,12H2,1-2H3,(H,22,23,25)/t15-/m0/s1. The number of carbonyl (C=O) groups is 1. The Kier molecular flexibility index (Phi) is 4.57. The molecular formula is C21H23N7O2. The summed E-state index contributed by atoms with van der Waals surface area (Å²) in [5.74, 6) is 2.26. The van der Waals surface area contributed by atoms with Crippen molar-refractivity contribution < 1.29 is 9.32 Å². The zero-order valence-electron chi connectivity index (χ0n) is 17.0. The number of hydrogen-bond donors (Lipinski definition) is 1. The van der Waals surface area contributed by atoms with E-state index in [0.29, 0.717) is 42.0 Å². The number of nitrogens with one attached hydrogen (secondary N) is 1. The fourth-order valence-corrected chi connectivity index (χ4v) is 4.16. The fraction of sp³-hybridized carbons (Fsp3) is 0.381. The van der Waals surface area contributed by atoms with Crippen molar-refractivity contribution in [3.63, 3.8) is 0 Å². The normalized spacial score (nSPS) is 18.2. The Bertz CT molecular complexity index is 1100. The molecule has 0 aliphatic carbocycles. The second kappa shape index (κ2) is 7.40. The molecule has 0 radical (unpaired) electrons.